The third kappa shape index (κ3) is 5.04. The molecule has 5 heteroatoms. The number of carbonyl (C=O) groups excluding carboxylic acids is 2. The van der Waals surface area contributed by atoms with Crippen molar-refractivity contribution in [2.24, 2.45) is 5.92 Å². The zero-order valence-electron chi connectivity index (χ0n) is 14.9. The van der Waals surface area contributed by atoms with E-state index < -0.39 is 6.04 Å². The van der Waals surface area contributed by atoms with Crippen LogP contribution in [-0.4, -0.2) is 17.9 Å². The second-order valence-electron chi connectivity index (χ2n) is 6.46. The smallest absolute Gasteiger partial charge is 0.252 e. The average Bonchev–Trinajstić information content (AvgIpc) is 2.55. The summed E-state index contributed by atoms with van der Waals surface area (Å²) in [5, 5.41) is 5.81. The number of nitrogens with one attached hydrogen (secondary N) is 2. The average molecular weight is 450 g/mol. The van der Waals surface area contributed by atoms with Gasteiger partial charge in [0.15, 0.2) is 0 Å². The van der Waals surface area contributed by atoms with Crippen molar-refractivity contribution in [1.29, 1.82) is 0 Å². The van der Waals surface area contributed by atoms with Crippen LogP contribution in [0.15, 0.2) is 42.5 Å². The zero-order valence-corrected chi connectivity index (χ0v) is 17.0. The summed E-state index contributed by atoms with van der Waals surface area (Å²) < 4.78 is 1.11. The van der Waals surface area contributed by atoms with Crippen molar-refractivity contribution in [3.8, 4) is 0 Å². The standard InChI is InChI=1S/C20H23IN2O2/c1-12(2)18(23-19(24)16-8-6-5-7-13(16)3)20(25)22-17-10-9-15(21)11-14(17)4/h5-12,18H,1-4H3,(H,22,25)(H,23,24). The molecule has 1 unspecified atom stereocenters. The lowest BCUT2D eigenvalue weighted by Crippen LogP contribution is -2.47. The van der Waals surface area contributed by atoms with Crippen LogP contribution in [0.2, 0.25) is 0 Å². The molecular weight excluding hydrogens is 427 g/mol. The second kappa shape index (κ2) is 8.47. The van der Waals surface area contributed by atoms with Gasteiger partial charge in [-0.3, -0.25) is 9.59 Å². The van der Waals surface area contributed by atoms with Gasteiger partial charge in [-0.15, -0.1) is 0 Å². The molecule has 2 N–H and O–H groups in total. The number of rotatable bonds is 5. The predicted molar refractivity (Wildman–Crippen MR) is 110 cm³/mol. The van der Waals surface area contributed by atoms with Gasteiger partial charge in [0.05, 0.1) is 0 Å². The van der Waals surface area contributed by atoms with E-state index in [4.69, 9.17) is 0 Å². The van der Waals surface area contributed by atoms with Crippen molar-refractivity contribution < 1.29 is 9.59 Å². The van der Waals surface area contributed by atoms with Crippen LogP contribution in [0.4, 0.5) is 5.69 Å². The lowest BCUT2D eigenvalue weighted by Gasteiger charge is -2.22. The molecule has 25 heavy (non-hydrogen) atoms. The van der Waals surface area contributed by atoms with Gasteiger partial charge in [-0.2, -0.15) is 0 Å². The predicted octanol–water partition coefficient (Wildman–Crippen LogP) is 4.30. The molecule has 0 saturated heterocycles. The summed E-state index contributed by atoms with van der Waals surface area (Å²) >= 11 is 2.24. The molecule has 0 saturated carbocycles. The van der Waals surface area contributed by atoms with Crippen molar-refractivity contribution in [3.05, 3.63) is 62.7 Å². The number of benzene rings is 2. The molecular formula is C20H23IN2O2. The van der Waals surface area contributed by atoms with Gasteiger partial charge >= 0.3 is 0 Å². The molecule has 0 radical (unpaired) electrons. The van der Waals surface area contributed by atoms with Gasteiger partial charge in [0, 0.05) is 14.8 Å². The Morgan fingerprint density at radius 2 is 1.68 bits per heavy atom. The van der Waals surface area contributed by atoms with Crippen LogP contribution in [0.25, 0.3) is 0 Å². The molecule has 0 heterocycles. The molecule has 0 fully saturated rings. The van der Waals surface area contributed by atoms with Crippen molar-refractivity contribution in [2.75, 3.05) is 5.32 Å². The monoisotopic (exact) mass is 450 g/mol. The summed E-state index contributed by atoms with van der Waals surface area (Å²) in [4.78, 5) is 25.3. The van der Waals surface area contributed by atoms with Crippen molar-refractivity contribution in [2.45, 2.75) is 33.7 Å². The maximum Gasteiger partial charge on any atom is 0.252 e. The van der Waals surface area contributed by atoms with Crippen LogP contribution >= 0.6 is 22.6 Å². The Hall–Kier alpha value is -1.89. The summed E-state index contributed by atoms with van der Waals surface area (Å²) in [6.45, 7) is 7.68. The maximum atomic E-state index is 12.7. The SMILES string of the molecule is Cc1cc(I)ccc1NC(=O)C(NC(=O)c1ccccc1C)C(C)C. The summed E-state index contributed by atoms with van der Waals surface area (Å²) in [7, 11) is 0. The minimum Gasteiger partial charge on any atom is -0.340 e. The quantitative estimate of drug-likeness (QED) is 0.668. The first-order chi connectivity index (χ1) is 11.8. The maximum absolute atomic E-state index is 12.7. The normalized spacial score (nSPS) is 11.9. The number of hydrogen-bond donors (Lipinski definition) is 2. The van der Waals surface area contributed by atoms with E-state index in [9.17, 15) is 9.59 Å². The van der Waals surface area contributed by atoms with Gasteiger partial charge in [-0.05, 0) is 77.7 Å². The molecule has 0 bridgehead atoms. The molecule has 0 aliphatic rings. The Labute approximate surface area is 162 Å². The Kier molecular flexibility index (Phi) is 6.58. The van der Waals surface area contributed by atoms with Crippen LogP contribution in [0.1, 0.15) is 35.3 Å². The highest BCUT2D eigenvalue weighted by Gasteiger charge is 2.25. The highest BCUT2D eigenvalue weighted by atomic mass is 127. The molecule has 2 aromatic rings. The molecule has 132 valence electrons. The largest absolute Gasteiger partial charge is 0.340 e. The fourth-order valence-corrected chi connectivity index (χ4v) is 3.21. The fourth-order valence-electron chi connectivity index (χ4n) is 2.56. The highest BCUT2D eigenvalue weighted by molar-refractivity contribution is 14.1. The summed E-state index contributed by atoms with van der Waals surface area (Å²) in [5.41, 5.74) is 3.23. The van der Waals surface area contributed by atoms with E-state index in [2.05, 4.69) is 33.2 Å². The van der Waals surface area contributed by atoms with Gasteiger partial charge in [-0.25, -0.2) is 0 Å². The Bertz CT molecular complexity index is 787. The third-order valence-electron chi connectivity index (χ3n) is 4.07. The summed E-state index contributed by atoms with van der Waals surface area (Å²) in [6.07, 6.45) is 0. The van der Waals surface area contributed by atoms with Crippen LogP contribution in [-0.2, 0) is 4.79 Å². The molecule has 2 aromatic carbocycles. The van der Waals surface area contributed by atoms with Crippen LogP contribution in [0.3, 0.4) is 0 Å². The molecule has 0 spiro atoms. The van der Waals surface area contributed by atoms with E-state index in [1.165, 1.54) is 0 Å². The van der Waals surface area contributed by atoms with E-state index in [1.807, 2.05) is 64.1 Å². The van der Waals surface area contributed by atoms with E-state index in [0.29, 0.717) is 5.56 Å². The highest BCUT2D eigenvalue weighted by Crippen LogP contribution is 2.19. The molecule has 4 nitrogen and oxygen atoms in total. The van der Waals surface area contributed by atoms with Crippen LogP contribution in [0.5, 0.6) is 0 Å². The summed E-state index contributed by atoms with van der Waals surface area (Å²) in [6, 6.07) is 12.6. The number of carbonyl (C=O) groups is 2. The number of hydrogen-bond acceptors (Lipinski definition) is 2. The lowest BCUT2D eigenvalue weighted by atomic mass is 10.0. The van der Waals surface area contributed by atoms with E-state index in [0.717, 1.165) is 20.4 Å². The van der Waals surface area contributed by atoms with Crippen LogP contribution in [0, 0.1) is 23.3 Å². The summed E-state index contributed by atoms with van der Waals surface area (Å²) in [5.74, 6) is -0.468. The zero-order chi connectivity index (χ0) is 18.6. The first kappa shape index (κ1) is 19.4. The Morgan fingerprint density at radius 1 is 1.00 bits per heavy atom. The Morgan fingerprint density at radius 3 is 2.28 bits per heavy atom. The number of amides is 2. The van der Waals surface area contributed by atoms with Gasteiger partial charge in [0.1, 0.15) is 6.04 Å². The van der Waals surface area contributed by atoms with E-state index >= 15 is 0 Å². The van der Waals surface area contributed by atoms with Crippen LogP contribution < -0.4 is 10.6 Å². The van der Waals surface area contributed by atoms with Crippen molar-refractivity contribution >= 4 is 40.1 Å². The topological polar surface area (TPSA) is 58.2 Å². The van der Waals surface area contributed by atoms with Gasteiger partial charge in [0.25, 0.3) is 5.91 Å². The van der Waals surface area contributed by atoms with Crippen molar-refractivity contribution in [1.82, 2.24) is 5.32 Å². The lowest BCUT2D eigenvalue weighted by molar-refractivity contribution is -0.118. The first-order valence-corrected chi connectivity index (χ1v) is 9.31. The van der Waals surface area contributed by atoms with Gasteiger partial charge < -0.3 is 10.6 Å². The minimum absolute atomic E-state index is 0.0304. The van der Waals surface area contributed by atoms with E-state index in [1.54, 1.807) is 6.07 Å². The Balaban J connectivity index is 2.16. The van der Waals surface area contributed by atoms with Crippen molar-refractivity contribution in [3.63, 3.8) is 0 Å². The van der Waals surface area contributed by atoms with Gasteiger partial charge in [0.2, 0.25) is 5.91 Å². The second-order valence-corrected chi connectivity index (χ2v) is 7.70. The number of anilines is 1. The molecule has 0 aromatic heterocycles. The number of halogens is 1. The number of aryl methyl sites for hydroxylation is 2. The minimum atomic E-state index is -0.606. The van der Waals surface area contributed by atoms with E-state index in [-0.39, 0.29) is 17.7 Å². The first-order valence-electron chi connectivity index (χ1n) is 8.23. The molecule has 0 aliphatic carbocycles. The third-order valence-corrected chi connectivity index (χ3v) is 4.74. The molecule has 0 aliphatic heterocycles. The van der Waals surface area contributed by atoms with Gasteiger partial charge in [-0.1, -0.05) is 32.0 Å². The molecule has 1 atom stereocenters. The fraction of sp³-hybridized carbons (Fsp3) is 0.300. The molecule has 2 rings (SSSR count). The molecule has 2 amide bonds.